The number of esters is 1. The summed E-state index contributed by atoms with van der Waals surface area (Å²) in [5, 5.41) is 1.61. The lowest BCUT2D eigenvalue weighted by Gasteiger charge is -2.32. The highest BCUT2D eigenvalue weighted by Gasteiger charge is 2.33. The van der Waals surface area contributed by atoms with Crippen LogP contribution in [-0.4, -0.2) is 62.1 Å². The molecule has 0 atom stereocenters. The monoisotopic (exact) mass is 470 g/mol. The summed E-state index contributed by atoms with van der Waals surface area (Å²) in [6.07, 6.45) is 3.41. The van der Waals surface area contributed by atoms with Crippen LogP contribution < -0.4 is 4.90 Å². The van der Waals surface area contributed by atoms with Crippen LogP contribution in [0.1, 0.15) is 32.7 Å². The highest BCUT2D eigenvalue weighted by Crippen LogP contribution is 2.36. The van der Waals surface area contributed by atoms with Gasteiger partial charge in [-0.05, 0) is 36.3 Å². The molecule has 5 rings (SSSR count). The fourth-order valence-corrected chi connectivity index (χ4v) is 4.59. The Balaban J connectivity index is 1.26. The Morgan fingerprint density at radius 2 is 1.66 bits per heavy atom. The molecule has 35 heavy (non-hydrogen) atoms. The number of anilines is 1. The van der Waals surface area contributed by atoms with Crippen LogP contribution in [0, 0.1) is 0 Å². The molecule has 0 aromatic heterocycles. The van der Waals surface area contributed by atoms with Gasteiger partial charge in [-0.3, -0.25) is 14.5 Å². The van der Waals surface area contributed by atoms with Gasteiger partial charge in [-0.1, -0.05) is 42.5 Å². The van der Waals surface area contributed by atoms with Gasteiger partial charge in [-0.2, -0.15) is 0 Å². The average Bonchev–Trinajstić information content (AvgIpc) is 2.91. The van der Waals surface area contributed by atoms with Crippen molar-refractivity contribution in [3.8, 4) is 0 Å². The molecule has 7 nitrogen and oxygen atoms in total. The first-order valence-corrected chi connectivity index (χ1v) is 11.8. The third-order valence-corrected chi connectivity index (χ3v) is 6.30. The lowest BCUT2D eigenvalue weighted by atomic mass is 9.92. The summed E-state index contributed by atoms with van der Waals surface area (Å²) in [5.74, 6) is -1.10. The van der Waals surface area contributed by atoms with Crippen molar-refractivity contribution in [3.63, 3.8) is 0 Å². The van der Waals surface area contributed by atoms with Crippen LogP contribution in [0.5, 0.6) is 0 Å². The topological polar surface area (TPSA) is 76.2 Å². The minimum atomic E-state index is -0.462. The van der Waals surface area contributed by atoms with Gasteiger partial charge in [0, 0.05) is 53.3 Å². The first-order valence-electron chi connectivity index (χ1n) is 11.8. The summed E-state index contributed by atoms with van der Waals surface area (Å²) in [5.41, 5.74) is 2.96. The van der Waals surface area contributed by atoms with Crippen molar-refractivity contribution in [2.45, 2.75) is 6.42 Å². The molecule has 3 aromatic rings. The van der Waals surface area contributed by atoms with Crippen molar-refractivity contribution >= 4 is 40.3 Å². The lowest BCUT2D eigenvalue weighted by molar-refractivity contribution is -0.137. The number of rotatable bonds is 7. The van der Waals surface area contributed by atoms with Gasteiger partial charge >= 0.3 is 5.97 Å². The van der Waals surface area contributed by atoms with Crippen LogP contribution in [0.25, 0.3) is 16.8 Å². The van der Waals surface area contributed by atoms with E-state index in [0.717, 1.165) is 29.7 Å². The van der Waals surface area contributed by atoms with Crippen molar-refractivity contribution in [2.24, 2.45) is 0 Å². The van der Waals surface area contributed by atoms with Crippen molar-refractivity contribution in [2.75, 3.05) is 44.4 Å². The smallest absolute Gasteiger partial charge is 0.330 e. The van der Waals surface area contributed by atoms with Gasteiger partial charge in [0.2, 0.25) is 0 Å². The zero-order valence-electron chi connectivity index (χ0n) is 19.3. The Morgan fingerprint density at radius 3 is 2.43 bits per heavy atom. The van der Waals surface area contributed by atoms with Gasteiger partial charge in [0.05, 0.1) is 19.8 Å². The molecular formula is C28H26N2O5. The van der Waals surface area contributed by atoms with Crippen LogP contribution >= 0.6 is 0 Å². The zero-order valence-corrected chi connectivity index (χ0v) is 19.3. The van der Waals surface area contributed by atoms with E-state index in [2.05, 4.69) is 4.90 Å². The Labute approximate surface area is 203 Å². The minimum absolute atomic E-state index is 0.113. The number of ether oxygens (including phenoxy) is 2. The van der Waals surface area contributed by atoms with Crippen molar-refractivity contribution < 1.29 is 23.9 Å². The first kappa shape index (κ1) is 22.8. The third kappa shape index (κ3) is 4.68. The molecule has 7 heteroatoms. The van der Waals surface area contributed by atoms with E-state index in [1.54, 1.807) is 12.1 Å². The Hall–Kier alpha value is -3.97. The number of hydrogen-bond acceptors (Lipinski definition) is 6. The number of nitrogens with zero attached hydrogens (tertiary/aromatic N) is 2. The largest absolute Gasteiger partial charge is 0.462 e. The van der Waals surface area contributed by atoms with Crippen LogP contribution in [0.2, 0.25) is 0 Å². The van der Waals surface area contributed by atoms with Crippen LogP contribution in [0.15, 0.2) is 66.7 Å². The third-order valence-electron chi connectivity index (χ3n) is 6.30. The number of morpholine rings is 1. The summed E-state index contributed by atoms with van der Waals surface area (Å²) in [4.78, 5) is 41.9. The molecule has 1 fully saturated rings. The molecule has 0 spiro atoms. The quantitative estimate of drug-likeness (QED) is 0.226. The highest BCUT2D eigenvalue weighted by molar-refractivity contribution is 6.26. The van der Waals surface area contributed by atoms with Gasteiger partial charge in [0.25, 0.3) is 11.8 Å². The SMILES string of the molecule is O=C(/C=C\c1ccccc1)OCCCN1C(=O)c2cccc3c(N4CCOCC4)ccc(c23)C1=O. The van der Waals surface area contributed by atoms with Gasteiger partial charge < -0.3 is 14.4 Å². The van der Waals surface area contributed by atoms with Crippen LogP contribution in [0.4, 0.5) is 5.69 Å². The Kier molecular flexibility index (Phi) is 6.59. The second kappa shape index (κ2) is 10.1. The Morgan fingerprint density at radius 1 is 0.914 bits per heavy atom. The molecule has 2 aliphatic rings. The molecule has 1 saturated heterocycles. The standard InChI is InChI=1S/C28H26N2O5/c31-25(13-10-20-6-2-1-3-7-20)35-17-5-14-30-27(32)22-9-4-8-21-24(29-15-18-34-19-16-29)12-11-23(26(21)22)28(30)33/h1-4,6-13H,5,14-19H2/b13-10-. The maximum Gasteiger partial charge on any atom is 0.330 e. The van der Waals surface area contributed by atoms with Crippen molar-refractivity contribution in [1.29, 1.82) is 0 Å². The number of hydrogen-bond donors (Lipinski definition) is 0. The fraction of sp³-hybridized carbons (Fsp3) is 0.250. The molecule has 2 aliphatic heterocycles. The molecular weight excluding hydrogens is 444 g/mol. The van der Waals surface area contributed by atoms with E-state index in [9.17, 15) is 14.4 Å². The molecule has 0 unspecified atom stereocenters. The molecule has 0 saturated carbocycles. The number of benzene rings is 3. The second-order valence-electron chi connectivity index (χ2n) is 8.49. The van der Waals surface area contributed by atoms with Gasteiger partial charge in [-0.15, -0.1) is 0 Å². The Bertz CT molecular complexity index is 1270. The zero-order chi connectivity index (χ0) is 24.2. The number of carbonyl (C=O) groups is 3. The van der Waals surface area contributed by atoms with E-state index < -0.39 is 5.97 Å². The first-order chi connectivity index (χ1) is 17.1. The number of amides is 2. The predicted molar refractivity (Wildman–Crippen MR) is 133 cm³/mol. The molecule has 0 bridgehead atoms. The van der Waals surface area contributed by atoms with Crippen molar-refractivity contribution in [1.82, 2.24) is 4.90 Å². The van der Waals surface area contributed by atoms with E-state index >= 15 is 0 Å². The summed E-state index contributed by atoms with van der Waals surface area (Å²) in [7, 11) is 0. The van der Waals surface area contributed by atoms with E-state index in [4.69, 9.17) is 9.47 Å². The van der Waals surface area contributed by atoms with Crippen molar-refractivity contribution in [3.05, 3.63) is 83.4 Å². The summed E-state index contributed by atoms with van der Waals surface area (Å²) in [6, 6.07) is 18.8. The molecule has 3 aromatic carbocycles. The summed E-state index contributed by atoms with van der Waals surface area (Å²) < 4.78 is 10.7. The van der Waals surface area contributed by atoms with E-state index in [1.807, 2.05) is 54.6 Å². The maximum atomic E-state index is 13.2. The van der Waals surface area contributed by atoms with E-state index in [-0.39, 0.29) is 25.0 Å². The fourth-order valence-electron chi connectivity index (χ4n) is 4.59. The predicted octanol–water partition coefficient (Wildman–Crippen LogP) is 3.92. The van der Waals surface area contributed by atoms with Crippen LogP contribution in [-0.2, 0) is 14.3 Å². The van der Waals surface area contributed by atoms with E-state index in [1.165, 1.54) is 11.0 Å². The number of carbonyl (C=O) groups excluding carboxylic acids is 3. The normalized spacial score (nSPS) is 15.8. The average molecular weight is 471 g/mol. The summed E-state index contributed by atoms with van der Waals surface area (Å²) in [6.45, 7) is 3.14. The lowest BCUT2D eigenvalue weighted by Crippen LogP contribution is -2.41. The molecule has 2 heterocycles. The van der Waals surface area contributed by atoms with E-state index in [0.29, 0.717) is 36.1 Å². The van der Waals surface area contributed by atoms with Gasteiger partial charge in [0.15, 0.2) is 0 Å². The second-order valence-corrected chi connectivity index (χ2v) is 8.49. The molecule has 178 valence electrons. The minimum Gasteiger partial charge on any atom is -0.462 e. The maximum absolute atomic E-state index is 13.2. The molecule has 0 aliphatic carbocycles. The summed E-state index contributed by atoms with van der Waals surface area (Å²) >= 11 is 0. The van der Waals surface area contributed by atoms with Gasteiger partial charge in [-0.25, -0.2) is 4.79 Å². The molecule has 2 amide bonds. The molecule has 0 radical (unpaired) electrons. The van der Waals surface area contributed by atoms with Crippen LogP contribution in [0.3, 0.4) is 0 Å². The molecule has 0 N–H and O–H groups in total. The van der Waals surface area contributed by atoms with Gasteiger partial charge in [0.1, 0.15) is 0 Å². The number of imide groups is 1. The highest BCUT2D eigenvalue weighted by atomic mass is 16.5.